The molecular formula is C13H21NO3. The van der Waals surface area contributed by atoms with Crippen molar-refractivity contribution in [3.05, 3.63) is 0 Å². The zero-order valence-electron chi connectivity index (χ0n) is 10.6. The summed E-state index contributed by atoms with van der Waals surface area (Å²) in [5.74, 6) is 0.265. The zero-order chi connectivity index (χ0) is 12.5. The molecule has 0 saturated carbocycles. The fourth-order valence-electron chi connectivity index (χ4n) is 3.44. The molecule has 2 heterocycles. The smallest absolute Gasteiger partial charge is 0.293 e. The van der Waals surface area contributed by atoms with Crippen LogP contribution in [0.15, 0.2) is 0 Å². The van der Waals surface area contributed by atoms with E-state index < -0.39 is 0 Å². The fraction of sp³-hybridized carbons (Fsp3) is 0.846. The summed E-state index contributed by atoms with van der Waals surface area (Å²) in [4.78, 5) is 24.5. The third-order valence-electron chi connectivity index (χ3n) is 4.67. The van der Waals surface area contributed by atoms with Gasteiger partial charge in [-0.3, -0.25) is 9.59 Å². The molecule has 96 valence electrons. The lowest BCUT2D eigenvalue weighted by Gasteiger charge is -2.41. The molecule has 3 unspecified atom stereocenters. The van der Waals surface area contributed by atoms with Gasteiger partial charge in [0.2, 0.25) is 5.91 Å². The topological polar surface area (TPSA) is 46.6 Å². The second kappa shape index (κ2) is 4.67. The third-order valence-corrected chi connectivity index (χ3v) is 4.67. The van der Waals surface area contributed by atoms with Gasteiger partial charge in [-0.25, -0.2) is 0 Å². The Morgan fingerprint density at radius 3 is 2.94 bits per heavy atom. The molecule has 0 spiro atoms. The minimum atomic E-state index is -0.0937. The lowest BCUT2D eigenvalue weighted by Crippen LogP contribution is -2.48. The van der Waals surface area contributed by atoms with Gasteiger partial charge in [0.1, 0.15) is 6.10 Å². The Morgan fingerprint density at radius 2 is 2.29 bits per heavy atom. The van der Waals surface area contributed by atoms with Crippen LogP contribution in [-0.2, 0) is 14.3 Å². The minimum absolute atomic E-state index is 0.0501. The molecule has 0 aromatic rings. The minimum Gasteiger partial charge on any atom is -0.464 e. The van der Waals surface area contributed by atoms with E-state index in [4.69, 9.17) is 4.74 Å². The Kier molecular flexibility index (Phi) is 3.40. The number of nitrogens with zero attached hydrogens (tertiary/aromatic N) is 1. The van der Waals surface area contributed by atoms with E-state index in [1.807, 2.05) is 4.90 Å². The van der Waals surface area contributed by atoms with Crippen molar-refractivity contribution in [2.45, 2.75) is 58.1 Å². The van der Waals surface area contributed by atoms with Crippen molar-refractivity contribution in [1.82, 2.24) is 4.90 Å². The van der Waals surface area contributed by atoms with Crippen LogP contribution in [0.2, 0.25) is 0 Å². The van der Waals surface area contributed by atoms with Crippen molar-refractivity contribution < 1.29 is 14.3 Å². The molecule has 0 N–H and O–H groups in total. The van der Waals surface area contributed by atoms with Crippen LogP contribution >= 0.6 is 0 Å². The van der Waals surface area contributed by atoms with Gasteiger partial charge in [-0.1, -0.05) is 13.8 Å². The molecule has 2 aliphatic rings. The van der Waals surface area contributed by atoms with Gasteiger partial charge in [0.15, 0.2) is 0 Å². The molecule has 4 nitrogen and oxygen atoms in total. The average Bonchev–Trinajstić information content (AvgIpc) is 2.63. The number of hydrogen-bond donors (Lipinski definition) is 0. The average molecular weight is 239 g/mol. The summed E-state index contributed by atoms with van der Waals surface area (Å²) in [6.45, 7) is 5.65. The normalized spacial score (nSPS) is 37.5. The first-order chi connectivity index (χ1) is 8.13. The van der Waals surface area contributed by atoms with E-state index in [1.165, 1.54) is 0 Å². The van der Waals surface area contributed by atoms with Crippen molar-refractivity contribution in [2.24, 2.45) is 5.41 Å². The standard InChI is InChI=1S/C13H21NO3/c1-3-13(2)10-6-7-12(16)14(10)8-4-5-11(13)17-9-15/h9-11H,3-8H2,1-2H3. The SMILES string of the molecule is CCC1(C)C(OC=O)CCCN2C(=O)CCC21. The molecule has 0 aromatic heterocycles. The van der Waals surface area contributed by atoms with Crippen LogP contribution < -0.4 is 0 Å². The van der Waals surface area contributed by atoms with Gasteiger partial charge in [-0.15, -0.1) is 0 Å². The van der Waals surface area contributed by atoms with Crippen LogP contribution in [0.25, 0.3) is 0 Å². The van der Waals surface area contributed by atoms with Crippen molar-refractivity contribution in [3.63, 3.8) is 0 Å². The maximum Gasteiger partial charge on any atom is 0.293 e. The van der Waals surface area contributed by atoms with Crippen molar-refractivity contribution >= 4 is 12.4 Å². The molecule has 0 aromatic carbocycles. The second-order valence-corrected chi connectivity index (χ2v) is 5.36. The van der Waals surface area contributed by atoms with Crippen molar-refractivity contribution in [1.29, 1.82) is 0 Å². The van der Waals surface area contributed by atoms with E-state index in [0.717, 1.165) is 32.2 Å². The van der Waals surface area contributed by atoms with Crippen LogP contribution in [0, 0.1) is 5.41 Å². The molecule has 0 aliphatic carbocycles. The molecule has 2 saturated heterocycles. The zero-order valence-corrected chi connectivity index (χ0v) is 10.6. The van der Waals surface area contributed by atoms with Crippen LogP contribution in [0.1, 0.15) is 46.0 Å². The number of carbonyl (C=O) groups excluding carboxylic acids is 2. The summed E-state index contributed by atoms with van der Waals surface area (Å²) in [7, 11) is 0. The number of amides is 1. The Balaban J connectivity index is 2.29. The highest BCUT2D eigenvalue weighted by Crippen LogP contribution is 2.44. The lowest BCUT2D eigenvalue weighted by atomic mass is 9.73. The van der Waals surface area contributed by atoms with E-state index in [0.29, 0.717) is 12.9 Å². The molecule has 3 atom stereocenters. The second-order valence-electron chi connectivity index (χ2n) is 5.36. The highest BCUT2D eigenvalue weighted by Gasteiger charge is 2.49. The Morgan fingerprint density at radius 1 is 1.53 bits per heavy atom. The number of fused-ring (bicyclic) bond motifs is 1. The van der Waals surface area contributed by atoms with Crippen LogP contribution in [-0.4, -0.2) is 36.0 Å². The Hall–Kier alpha value is -1.06. The summed E-state index contributed by atoms with van der Waals surface area (Å²) >= 11 is 0. The van der Waals surface area contributed by atoms with Crippen molar-refractivity contribution in [3.8, 4) is 0 Å². The number of hydrogen-bond acceptors (Lipinski definition) is 3. The molecule has 2 rings (SSSR count). The number of ether oxygens (including phenoxy) is 1. The van der Waals surface area contributed by atoms with Gasteiger partial charge >= 0.3 is 0 Å². The highest BCUT2D eigenvalue weighted by atomic mass is 16.5. The molecule has 4 heteroatoms. The van der Waals surface area contributed by atoms with Crippen LogP contribution in [0.3, 0.4) is 0 Å². The van der Waals surface area contributed by atoms with E-state index in [-0.39, 0.29) is 23.5 Å². The van der Waals surface area contributed by atoms with Crippen molar-refractivity contribution in [2.75, 3.05) is 6.54 Å². The van der Waals surface area contributed by atoms with E-state index in [1.54, 1.807) is 0 Å². The molecule has 17 heavy (non-hydrogen) atoms. The summed E-state index contributed by atoms with van der Waals surface area (Å²) in [6.07, 6.45) is 4.22. The van der Waals surface area contributed by atoms with Crippen LogP contribution in [0.4, 0.5) is 0 Å². The van der Waals surface area contributed by atoms with Gasteiger partial charge in [0.05, 0.1) is 0 Å². The maximum absolute atomic E-state index is 11.8. The Labute approximate surface area is 102 Å². The Bertz CT molecular complexity index is 318. The molecule has 0 radical (unpaired) electrons. The van der Waals surface area contributed by atoms with Gasteiger partial charge in [-0.2, -0.15) is 0 Å². The molecule has 2 fully saturated rings. The third kappa shape index (κ3) is 1.94. The first kappa shape index (κ1) is 12.4. The first-order valence-corrected chi connectivity index (χ1v) is 6.52. The number of rotatable bonds is 3. The van der Waals surface area contributed by atoms with Gasteiger partial charge < -0.3 is 9.64 Å². The van der Waals surface area contributed by atoms with Gasteiger partial charge in [-0.05, 0) is 25.7 Å². The van der Waals surface area contributed by atoms with Crippen LogP contribution in [0.5, 0.6) is 0 Å². The summed E-state index contributed by atoms with van der Waals surface area (Å²) in [5, 5.41) is 0. The van der Waals surface area contributed by atoms with E-state index >= 15 is 0 Å². The maximum atomic E-state index is 11.8. The lowest BCUT2D eigenvalue weighted by molar-refractivity contribution is -0.143. The largest absolute Gasteiger partial charge is 0.464 e. The first-order valence-electron chi connectivity index (χ1n) is 6.52. The van der Waals surface area contributed by atoms with E-state index in [9.17, 15) is 9.59 Å². The molecular weight excluding hydrogens is 218 g/mol. The predicted octanol–water partition coefficient (Wildman–Crippen LogP) is 1.73. The summed E-state index contributed by atoms with van der Waals surface area (Å²) < 4.78 is 5.29. The molecule has 2 aliphatic heterocycles. The fourth-order valence-corrected chi connectivity index (χ4v) is 3.44. The molecule has 1 amide bonds. The predicted molar refractivity (Wildman–Crippen MR) is 63.3 cm³/mol. The quantitative estimate of drug-likeness (QED) is 0.705. The number of carbonyl (C=O) groups is 2. The highest BCUT2D eigenvalue weighted by molar-refractivity contribution is 5.79. The van der Waals surface area contributed by atoms with Gasteiger partial charge in [0.25, 0.3) is 6.47 Å². The molecule has 0 bridgehead atoms. The van der Waals surface area contributed by atoms with E-state index in [2.05, 4.69) is 13.8 Å². The summed E-state index contributed by atoms with van der Waals surface area (Å²) in [6, 6.07) is 0.243. The summed E-state index contributed by atoms with van der Waals surface area (Å²) in [5.41, 5.74) is -0.0937. The van der Waals surface area contributed by atoms with Gasteiger partial charge in [0, 0.05) is 24.4 Å². The monoisotopic (exact) mass is 239 g/mol.